The van der Waals surface area contributed by atoms with Crippen molar-refractivity contribution in [3.05, 3.63) is 52.8 Å². The standard InChI is InChI=1S/C13H10ClFN2O2/c14-10-6-8(2-4-12(10)18)17-13(19)9-3-1-7(16)5-11(9)15/h1-6,18H,16H2,(H,17,19). The lowest BCUT2D eigenvalue weighted by molar-refractivity contribution is 0.102. The second-order valence-electron chi connectivity index (χ2n) is 3.86. The number of anilines is 2. The molecule has 0 unspecified atom stereocenters. The van der Waals surface area contributed by atoms with E-state index >= 15 is 0 Å². The second kappa shape index (κ2) is 5.16. The normalized spacial score (nSPS) is 10.2. The first-order valence-electron chi connectivity index (χ1n) is 5.32. The van der Waals surface area contributed by atoms with Crippen LogP contribution in [0.25, 0.3) is 0 Å². The first-order chi connectivity index (χ1) is 8.97. The van der Waals surface area contributed by atoms with E-state index in [4.69, 9.17) is 17.3 Å². The number of hydrogen-bond donors (Lipinski definition) is 3. The van der Waals surface area contributed by atoms with E-state index in [-0.39, 0.29) is 22.0 Å². The quantitative estimate of drug-likeness (QED) is 0.585. The summed E-state index contributed by atoms with van der Waals surface area (Å²) in [6.07, 6.45) is 0. The topological polar surface area (TPSA) is 75.4 Å². The van der Waals surface area contributed by atoms with Gasteiger partial charge in [-0.1, -0.05) is 11.6 Å². The van der Waals surface area contributed by atoms with Gasteiger partial charge in [0.2, 0.25) is 0 Å². The van der Waals surface area contributed by atoms with Crippen molar-refractivity contribution in [1.29, 1.82) is 0 Å². The van der Waals surface area contributed by atoms with Gasteiger partial charge in [-0.2, -0.15) is 0 Å². The molecular weight excluding hydrogens is 271 g/mol. The fourth-order valence-electron chi connectivity index (χ4n) is 1.50. The van der Waals surface area contributed by atoms with Gasteiger partial charge in [-0.25, -0.2) is 4.39 Å². The van der Waals surface area contributed by atoms with Crippen molar-refractivity contribution in [3.63, 3.8) is 0 Å². The summed E-state index contributed by atoms with van der Waals surface area (Å²) in [7, 11) is 0. The van der Waals surface area contributed by atoms with Gasteiger partial charge in [0, 0.05) is 11.4 Å². The maximum Gasteiger partial charge on any atom is 0.258 e. The zero-order valence-electron chi connectivity index (χ0n) is 9.65. The molecule has 0 spiro atoms. The van der Waals surface area contributed by atoms with Crippen LogP contribution in [0.15, 0.2) is 36.4 Å². The lowest BCUT2D eigenvalue weighted by atomic mass is 10.1. The highest BCUT2D eigenvalue weighted by Gasteiger charge is 2.12. The number of rotatable bonds is 2. The van der Waals surface area contributed by atoms with E-state index in [0.29, 0.717) is 5.69 Å². The van der Waals surface area contributed by atoms with Crippen LogP contribution in [0, 0.1) is 5.82 Å². The predicted octanol–water partition coefficient (Wildman–Crippen LogP) is 3.02. The number of benzene rings is 2. The number of amides is 1. The Morgan fingerprint density at radius 3 is 2.63 bits per heavy atom. The summed E-state index contributed by atoms with van der Waals surface area (Å²) in [6.45, 7) is 0. The second-order valence-corrected chi connectivity index (χ2v) is 4.27. The molecule has 0 aliphatic carbocycles. The summed E-state index contributed by atoms with van der Waals surface area (Å²) in [5.74, 6) is -1.43. The minimum absolute atomic E-state index is 0.0931. The largest absolute Gasteiger partial charge is 0.506 e. The number of phenolic OH excluding ortho intramolecular Hbond substituents is 1. The van der Waals surface area contributed by atoms with Gasteiger partial charge in [0.15, 0.2) is 0 Å². The summed E-state index contributed by atoms with van der Waals surface area (Å²) in [5, 5.41) is 11.8. The fraction of sp³-hybridized carbons (Fsp3) is 0. The molecule has 98 valence electrons. The zero-order valence-corrected chi connectivity index (χ0v) is 10.4. The fourth-order valence-corrected chi connectivity index (χ4v) is 1.68. The number of halogens is 2. The minimum Gasteiger partial charge on any atom is -0.506 e. The predicted molar refractivity (Wildman–Crippen MR) is 71.9 cm³/mol. The molecule has 0 aromatic heterocycles. The van der Waals surface area contributed by atoms with Crippen LogP contribution in [0.2, 0.25) is 5.02 Å². The lowest BCUT2D eigenvalue weighted by Gasteiger charge is -2.07. The van der Waals surface area contributed by atoms with Gasteiger partial charge in [0.1, 0.15) is 11.6 Å². The SMILES string of the molecule is Nc1ccc(C(=O)Nc2ccc(O)c(Cl)c2)c(F)c1. The van der Waals surface area contributed by atoms with Crippen LogP contribution in [0.1, 0.15) is 10.4 Å². The molecule has 0 aliphatic rings. The molecule has 0 atom stereocenters. The van der Waals surface area contributed by atoms with Gasteiger partial charge in [0.25, 0.3) is 5.91 Å². The third kappa shape index (κ3) is 2.95. The first-order valence-corrected chi connectivity index (χ1v) is 5.70. The Bertz CT molecular complexity index is 647. The van der Waals surface area contributed by atoms with Crippen LogP contribution >= 0.6 is 11.6 Å². The van der Waals surface area contributed by atoms with Crippen molar-refractivity contribution in [2.24, 2.45) is 0 Å². The van der Waals surface area contributed by atoms with E-state index in [2.05, 4.69) is 5.32 Å². The lowest BCUT2D eigenvalue weighted by Crippen LogP contribution is -2.13. The maximum atomic E-state index is 13.5. The van der Waals surface area contributed by atoms with Gasteiger partial charge >= 0.3 is 0 Å². The smallest absolute Gasteiger partial charge is 0.258 e. The molecule has 0 fully saturated rings. The van der Waals surface area contributed by atoms with Gasteiger partial charge < -0.3 is 16.2 Å². The highest BCUT2D eigenvalue weighted by atomic mass is 35.5. The summed E-state index contributed by atoms with van der Waals surface area (Å²) in [5.41, 5.74) is 5.86. The van der Waals surface area contributed by atoms with Crippen molar-refractivity contribution in [2.45, 2.75) is 0 Å². The van der Waals surface area contributed by atoms with Crippen LogP contribution in [0.4, 0.5) is 15.8 Å². The van der Waals surface area contributed by atoms with Gasteiger partial charge in [-0.05, 0) is 36.4 Å². The molecule has 19 heavy (non-hydrogen) atoms. The summed E-state index contributed by atoms with van der Waals surface area (Å²) >= 11 is 5.70. The van der Waals surface area contributed by atoms with Crippen molar-refractivity contribution in [1.82, 2.24) is 0 Å². The van der Waals surface area contributed by atoms with Gasteiger partial charge in [-0.3, -0.25) is 4.79 Å². The Hall–Kier alpha value is -2.27. The molecule has 4 nitrogen and oxygen atoms in total. The highest BCUT2D eigenvalue weighted by Crippen LogP contribution is 2.26. The molecule has 6 heteroatoms. The number of carbonyl (C=O) groups is 1. The van der Waals surface area contributed by atoms with Gasteiger partial charge in [-0.15, -0.1) is 0 Å². The maximum absolute atomic E-state index is 13.5. The first kappa shape index (κ1) is 13.2. The Morgan fingerprint density at radius 2 is 2.00 bits per heavy atom. The Morgan fingerprint density at radius 1 is 1.26 bits per heavy atom. The minimum atomic E-state index is -0.706. The van der Waals surface area contributed by atoms with E-state index in [1.165, 1.54) is 30.3 Å². The van der Waals surface area contributed by atoms with Crippen molar-refractivity contribution < 1.29 is 14.3 Å². The summed E-state index contributed by atoms with van der Waals surface area (Å²) < 4.78 is 13.5. The number of hydrogen-bond acceptors (Lipinski definition) is 3. The molecule has 2 aromatic rings. The number of phenols is 1. The molecule has 0 bridgehead atoms. The summed E-state index contributed by atoms with van der Waals surface area (Å²) in [6, 6.07) is 7.94. The van der Waals surface area contributed by atoms with E-state index in [1.807, 2.05) is 0 Å². The Kier molecular flexibility index (Phi) is 3.57. The molecule has 0 saturated heterocycles. The Labute approximate surface area is 113 Å². The molecule has 4 N–H and O–H groups in total. The van der Waals surface area contributed by atoms with Crippen molar-refractivity contribution >= 4 is 28.9 Å². The van der Waals surface area contributed by atoms with Crippen molar-refractivity contribution in [2.75, 3.05) is 11.1 Å². The third-order valence-electron chi connectivity index (χ3n) is 2.44. The molecule has 2 aromatic carbocycles. The van der Waals surface area contributed by atoms with Crippen LogP contribution in [-0.2, 0) is 0 Å². The molecule has 1 amide bonds. The summed E-state index contributed by atoms with van der Waals surface area (Å²) in [4.78, 5) is 11.8. The number of nitrogen functional groups attached to an aromatic ring is 1. The number of nitrogens with one attached hydrogen (secondary N) is 1. The average molecular weight is 281 g/mol. The van der Waals surface area contributed by atoms with E-state index in [9.17, 15) is 14.3 Å². The molecular formula is C13H10ClFN2O2. The number of nitrogens with two attached hydrogens (primary N) is 1. The molecule has 0 heterocycles. The molecule has 2 rings (SSSR count). The molecule has 0 radical (unpaired) electrons. The Balaban J connectivity index is 2.23. The zero-order chi connectivity index (χ0) is 14.0. The monoisotopic (exact) mass is 280 g/mol. The molecule has 0 aliphatic heterocycles. The van der Waals surface area contributed by atoms with Crippen LogP contribution in [-0.4, -0.2) is 11.0 Å². The average Bonchev–Trinajstić information content (AvgIpc) is 2.33. The third-order valence-corrected chi connectivity index (χ3v) is 2.75. The molecule has 0 saturated carbocycles. The number of aromatic hydroxyl groups is 1. The number of carbonyl (C=O) groups excluding carboxylic acids is 1. The highest BCUT2D eigenvalue weighted by molar-refractivity contribution is 6.32. The van der Waals surface area contributed by atoms with Crippen LogP contribution in [0.5, 0.6) is 5.75 Å². The van der Waals surface area contributed by atoms with Gasteiger partial charge in [0.05, 0.1) is 10.6 Å². The van der Waals surface area contributed by atoms with E-state index in [1.54, 1.807) is 0 Å². The van der Waals surface area contributed by atoms with Crippen LogP contribution < -0.4 is 11.1 Å². The van der Waals surface area contributed by atoms with Crippen LogP contribution in [0.3, 0.4) is 0 Å². The van der Waals surface area contributed by atoms with E-state index < -0.39 is 11.7 Å². The van der Waals surface area contributed by atoms with Crippen molar-refractivity contribution in [3.8, 4) is 5.75 Å². The van der Waals surface area contributed by atoms with E-state index in [0.717, 1.165) is 6.07 Å².